The number of unbranched alkanes of at least 4 members (excludes halogenated alkanes) is 11. The molecule has 0 spiro atoms. The van der Waals surface area contributed by atoms with Gasteiger partial charge in [-0.05, 0) is 108 Å². The number of nitrogens with two attached hydrogens (primary N) is 2. The zero-order chi connectivity index (χ0) is 56.2. The second kappa shape index (κ2) is 33.5. The SMILES string of the molecule is COc1ccc(F)c(-c2ccc(COc3cccc([C@@H](CC(=O)O)C4CC4)c3)cc2CC(C)(C)Cc2cn(CCCCCCCCCCCCCCC(=O)NCC[N+](C)(CCC(=O)NCCN)CCC(=O)NCCN)nn2)c1. The highest BCUT2D eigenvalue weighted by atomic mass is 19.1. The fourth-order valence-corrected chi connectivity index (χ4v) is 10.4. The molecule has 8 N–H and O–H groups in total. The lowest BCUT2D eigenvalue weighted by molar-refractivity contribution is -0.907. The third-order valence-electron chi connectivity index (χ3n) is 15.0. The van der Waals surface area contributed by atoms with Crippen LogP contribution in [0.1, 0.15) is 158 Å². The third-order valence-corrected chi connectivity index (χ3v) is 15.0. The van der Waals surface area contributed by atoms with Gasteiger partial charge < -0.3 is 46.5 Å². The average molecular weight is 1080 g/mol. The summed E-state index contributed by atoms with van der Waals surface area (Å²) < 4.78 is 29.8. The standard InChI is InChI=1S/C61H92FN9O7/c1-61(2,42-49-38-46(21-25-53(49)55-40-51(77-4)24-26-56(55)62)45-78-52-19-17-18-48(39-52)54(41-60(75)76)47-22-23-47)43-50-44-70(69-68-50)34-16-14-12-10-8-6-5-7-9-11-13-15-20-57(72)67-33-37-71(3,35-27-58(73)65-31-29-63)36-28-59(74)66-32-30-64/h17-19,21,24-26,38-40,44,47,54H,5-16,20,22-23,27-37,41-43,45,63-64H2,1-4H3,(H3-,65,66,67,72,73,74,75,76)/p+1/t54-/m0/s1. The van der Waals surface area contributed by atoms with Gasteiger partial charge in [0.05, 0.1) is 65.3 Å². The number of hydrogen-bond acceptors (Lipinski definition) is 10. The highest BCUT2D eigenvalue weighted by Crippen LogP contribution is 2.45. The summed E-state index contributed by atoms with van der Waals surface area (Å²) in [5.74, 6) is 0.469. The number of rotatable bonds is 41. The van der Waals surface area contributed by atoms with Gasteiger partial charge in [0.2, 0.25) is 17.7 Å². The van der Waals surface area contributed by atoms with Gasteiger partial charge in [0.1, 0.15) is 23.9 Å². The van der Waals surface area contributed by atoms with Gasteiger partial charge in [-0.2, -0.15) is 0 Å². The van der Waals surface area contributed by atoms with Crippen molar-refractivity contribution >= 4 is 23.7 Å². The Morgan fingerprint density at radius 1 is 0.744 bits per heavy atom. The predicted octanol–water partition coefficient (Wildman–Crippen LogP) is 9.02. The molecule has 1 aliphatic rings. The normalized spacial score (nSPS) is 13.0. The molecular formula is C61H93FN9O7+. The van der Waals surface area contributed by atoms with Crippen molar-refractivity contribution in [2.45, 2.75) is 161 Å². The summed E-state index contributed by atoms with van der Waals surface area (Å²) in [6.07, 6.45) is 20.6. The number of carboxylic acid groups (broad SMARTS) is 1. The van der Waals surface area contributed by atoms with Crippen LogP contribution < -0.4 is 36.9 Å². The number of halogens is 1. The van der Waals surface area contributed by atoms with Gasteiger partial charge in [0, 0.05) is 50.9 Å². The number of aryl methyl sites for hydroxylation is 1. The molecule has 1 aliphatic carbocycles. The molecule has 430 valence electrons. The largest absolute Gasteiger partial charge is 0.497 e. The maximum Gasteiger partial charge on any atom is 0.303 e. The quantitative estimate of drug-likeness (QED) is 0.0182. The van der Waals surface area contributed by atoms with Crippen molar-refractivity contribution in [3.63, 3.8) is 0 Å². The van der Waals surface area contributed by atoms with E-state index in [1.165, 1.54) is 51.0 Å². The molecule has 3 amide bonds. The number of hydrogen-bond donors (Lipinski definition) is 6. The predicted molar refractivity (Wildman–Crippen MR) is 305 cm³/mol. The first-order valence-corrected chi connectivity index (χ1v) is 28.9. The van der Waals surface area contributed by atoms with Gasteiger partial charge in [0.15, 0.2) is 0 Å². The van der Waals surface area contributed by atoms with Crippen LogP contribution in [0.25, 0.3) is 11.1 Å². The summed E-state index contributed by atoms with van der Waals surface area (Å²) in [5, 5.41) is 27.3. The number of carboxylic acids is 1. The Labute approximate surface area is 463 Å². The number of carbonyl (C=O) groups is 4. The summed E-state index contributed by atoms with van der Waals surface area (Å²) >= 11 is 0. The number of quaternary nitrogens is 1. The number of aromatic nitrogens is 3. The monoisotopic (exact) mass is 1080 g/mol. The van der Waals surface area contributed by atoms with Gasteiger partial charge in [-0.25, -0.2) is 4.39 Å². The molecule has 16 nitrogen and oxygen atoms in total. The fourth-order valence-electron chi connectivity index (χ4n) is 10.4. The molecule has 1 fully saturated rings. The lowest BCUT2D eigenvalue weighted by Gasteiger charge is -2.34. The second-order valence-corrected chi connectivity index (χ2v) is 22.6. The number of methoxy groups -OCH3 is 1. The Hall–Kier alpha value is -5.91. The highest BCUT2D eigenvalue weighted by molar-refractivity contribution is 5.77. The van der Waals surface area contributed by atoms with E-state index >= 15 is 4.39 Å². The Balaban J connectivity index is 0.962. The van der Waals surface area contributed by atoms with Crippen LogP contribution >= 0.6 is 0 Å². The van der Waals surface area contributed by atoms with Crippen LogP contribution in [0.4, 0.5) is 4.39 Å². The molecule has 1 atom stereocenters. The minimum Gasteiger partial charge on any atom is -0.497 e. The van der Waals surface area contributed by atoms with Crippen molar-refractivity contribution < 1.29 is 42.6 Å². The summed E-state index contributed by atoms with van der Waals surface area (Å²) in [6, 6.07) is 18.7. The summed E-state index contributed by atoms with van der Waals surface area (Å²) in [6.45, 7) is 9.42. The van der Waals surface area contributed by atoms with Crippen molar-refractivity contribution in [2.24, 2.45) is 22.8 Å². The number of amides is 3. The van der Waals surface area contributed by atoms with Crippen LogP contribution in [-0.2, 0) is 45.2 Å². The molecule has 0 radical (unpaired) electrons. The van der Waals surface area contributed by atoms with E-state index in [0.717, 1.165) is 79.4 Å². The van der Waals surface area contributed by atoms with E-state index in [4.69, 9.17) is 20.9 Å². The van der Waals surface area contributed by atoms with Crippen LogP contribution in [-0.4, -0.2) is 115 Å². The van der Waals surface area contributed by atoms with Crippen molar-refractivity contribution in [1.29, 1.82) is 0 Å². The summed E-state index contributed by atoms with van der Waals surface area (Å²) in [5.41, 5.74) is 15.9. The molecule has 3 aromatic carbocycles. The zero-order valence-corrected chi connectivity index (χ0v) is 47.4. The van der Waals surface area contributed by atoms with E-state index < -0.39 is 5.97 Å². The minimum atomic E-state index is -0.787. The van der Waals surface area contributed by atoms with E-state index in [-0.39, 0.29) is 41.3 Å². The number of aliphatic carboxylic acids is 1. The van der Waals surface area contributed by atoms with E-state index in [1.807, 2.05) is 48.1 Å². The first-order chi connectivity index (χ1) is 37.6. The van der Waals surface area contributed by atoms with Gasteiger partial charge >= 0.3 is 5.97 Å². The van der Waals surface area contributed by atoms with Crippen LogP contribution in [0, 0.1) is 17.2 Å². The van der Waals surface area contributed by atoms with Gasteiger partial charge in [-0.15, -0.1) is 5.10 Å². The Bertz CT molecular complexity index is 2440. The topological polar surface area (TPSA) is 226 Å². The number of carbonyl (C=O) groups excluding carboxylic acids is 3. The van der Waals surface area contributed by atoms with Crippen LogP contribution in [0.2, 0.25) is 0 Å². The number of nitrogens with zero attached hydrogens (tertiary/aromatic N) is 4. The molecule has 1 aromatic heterocycles. The Morgan fingerprint density at radius 3 is 1.97 bits per heavy atom. The maximum absolute atomic E-state index is 15.5. The maximum atomic E-state index is 15.5. The molecule has 1 heterocycles. The molecule has 0 aliphatic heterocycles. The van der Waals surface area contributed by atoms with E-state index in [2.05, 4.69) is 52.4 Å². The molecule has 78 heavy (non-hydrogen) atoms. The number of likely N-dealkylation sites (N-methyl/N-ethyl adjacent to an activating group) is 1. The smallest absolute Gasteiger partial charge is 0.303 e. The van der Waals surface area contributed by atoms with Gasteiger partial charge in [-0.1, -0.05) is 114 Å². The van der Waals surface area contributed by atoms with Crippen LogP contribution in [0.5, 0.6) is 11.5 Å². The second-order valence-electron chi connectivity index (χ2n) is 22.6. The summed E-state index contributed by atoms with van der Waals surface area (Å²) in [7, 11) is 3.60. The molecule has 0 saturated heterocycles. The molecule has 1 saturated carbocycles. The van der Waals surface area contributed by atoms with E-state index in [9.17, 15) is 24.3 Å². The Kier molecular flexibility index (Phi) is 27.0. The van der Waals surface area contributed by atoms with Crippen molar-refractivity contribution in [2.75, 3.05) is 66.5 Å². The first kappa shape index (κ1) is 62.9. The van der Waals surface area contributed by atoms with Crippen LogP contribution in [0.15, 0.2) is 66.9 Å². The number of ether oxygens (including phenoxy) is 2. The van der Waals surface area contributed by atoms with Crippen LogP contribution in [0.3, 0.4) is 0 Å². The molecule has 0 bridgehead atoms. The highest BCUT2D eigenvalue weighted by Gasteiger charge is 2.34. The van der Waals surface area contributed by atoms with Gasteiger partial charge in [0.25, 0.3) is 0 Å². The fraction of sp³-hybridized carbons (Fsp3) is 0.607. The third kappa shape index (κ3) is 23.6. The Morgan fingerprint density at radius 2 is 1.36 bits per heavy atom. The molecular weight excluding hydrogens is 990 g/mol. The first-order valence-electron chi connectivity index (χ1n) is 28.9. The summed E-state index contributed by atoms with van der Waals surface area (Å²) in [4.78, 5) is 48.8. The lowest BCUT2D eigenvalue weighted by atomic mass is 9.79. The van der Waals surface area contributed by atoms with Crippen molar-refractivity contribution in [1.82, 2.24) is 30.9 Å². The number of nitrogens with one attached hydrogen (secondary N) is 3. The number of benzene rings is 3. The average Bonchev–Trinajstić information content (AvgIpc) is 4.18. The molecule has 5 rings (SSSR count). The zero-order valence-electron chi connectivity index (χ0n) is 47.4. The van der Waals surface area contributed by atoms with Crippen molar-refractivity contribution in [3.05, 3.63) is 95.1 Å². The van der Waals surface area contributed by atoms with E-state index in [1.54, 1.807) is 19.2 Å². The molecule has 4 aromatic rings. The van der Waals surface area contributed by atoms with Crippen molar-refractivity contribution in [3.8, 4) is 22.6 Å². The molecule has 17 heteroatoms. The lowest BCUT2D eigenvalue weighted by Crippen LogP contribution is -2.52. The molecule has 0 unspecified atom stereocenters. The van der Waals surface area contributed by atoms with Gasteiger partial charge in [-0.3, -0.25) is 23.9 Å². The van der Waals surface area contributed by atoms with E-state index in [0.29, 0.717) is 119 Å². The minimum absolute atomic E-state index is 0.0193.